The van der Waals surface area contributed by atoms with Crippen molar-refractivity contribution in [3.8, 4) is 0 Å². The lowest BCUT2D eigenvalue weighted by Crippen LogP contribution is -2.53. The molecule has 0 aliphatic carbocycles. The van der Waals surface area contributed by atoms with Crippen LogP contribution >= 0.6 is 0 Å². The van der Waals surface area contributed by atoms with E-state index >= 15 is 0 Å². The van der Waals surface area contributed by atoms with Crippen molar-refractivity contribution in [1.82, 2.24) is 20.4 Å². The fourth-order valence-electron chi connectivity index (χ4n) is 3.40. The summed E-state index contributed by atoms with van der Waals surface area (Å²) in [5.74, 6) is 0.992. The lowest BCUT2D eigenvalue weighted by Gasteiger charge is -2.37. The van der Waals surface area contributed by atoms with E-state index in [4.69, 9.17) is 0 Å². The highest BCUT2D eigenvalue weighted by atomic mass is 16.2. The van der Waals surface area contributed by atoms with Crippen molar-refractivity contribution < 1.29 is 9.59 Å². The van der Waals surface area contributed by atoms with Crippen LogP contribution in [0.5, 0.6) is 0 Å². The van der Waals surface area contributed by atoms with Crippen molar-refractivity contribution >= 4 is 11.9 Å². The van der Waals surface area contributed by atoms with E-state index in [1.54, 1.807) is 0 Å². The van der Waals surface area contributed by atoms with Gasteiger partial charge in [0.15, 0.2) is 0 Å². The summed E-state index contributed by atoms with van der Waals surface area (Å²) in [7, 11) is 0. The van der Waals surface area contributed by atoms with E-state index in [1.807, 2.05) is 9.80 Å². The molecule has 2 N–H and O–H groups in total. The van der Waals surface area contributed by atoms with Crippen LogP contribution in [0, 0.1) is 11.8 Å². The topological polar surface area (TPSA) is 64.7 Å². The summed E-state index contributed by atoms with van der Waals surface area (Å²) < 4.78 is 0. The highest BCUT2D eigenvalue weighted by molar-refractivity contribution is 5.77. The Labute approximate surface area is 140 Å². The minimum absolute atomic E-state index is 0.0198. The van der Waals surface area contributed by atoms with Gasteiger partial charge in [-0.25, -0.2) is 4.79 Å². The molecule has 0 radical (unpaired) electrons. The van der Waals surface area contributed by atoms with Gasteiger partial charge in [-0.3, -0.25) is 4.79 Å². The van der Waals surface area contributed by atoms with Gasteiger partial charge in [0, 0.05) is 51.7 Å². The average molecular weight is 324 g/mol. The van der Waals surface area contributed by atoms with Gasteiger partial charge in [0.05, 0.1) is 0 Å². The Morgan fingerprint density at radius 1 is 1.30 bits per heavy atom. The number of carbonyl (C=O) groups excluding carboxylic acids is 2. The minimum Gasteiger partial charge on any atom is -0.338 e. The number of carbonyl (C=O) groups is 2. The number of nitrogens with one attached hydrogen (secondary N) is 2. The Morgan fingerprint density at radius 2 is 2.09 bits per heavy atom. The zero-order chi connectivity index (χ0) is 16.8. The van der Waals surface area contributed by atoms with E-state index in [0.717, 1.165) is 39.0 Å². The number of likely N-dealkylation sites (tertiary alicyclic amines) is 1. The zero-order valence-corrected chi connectivity index (χ0v) is 14.8. The van der Waals surface area contributed by atoms with Crippen LogP contribution in [0.2, 0.25) is 0 Å². The standard InChI is InChI=1S/C17H32N4O2/c1-13(2)10-19-17(23)20-7-4-5-15(12-20)9-16(22)21-8-6-18-11-14(21)3/h13-15,18H,4-12H2,1-3H3,(H,19,23)/t14-,15?/m1/s1. The maximum Gasteiger partial charge on any atom is 0.317 e. The molecule has 1 unspecified atom stereocenters. The van der Waals surface area contributed by atoms with Gasteiger partial charge in [-0.15, -0.1) is 0 Å². The molecule has 2 aliphatic heterocycles. The second-order valence-corrected chi connectivity index (χ2v) is 7.38. The van der Waals surface area contributed by atoms with Gasteiger partial charge in [0.1, 0.15) is 0 Å². The van der Waals surface area contributed by atoms with Crippen LogP contribution in [0.4, 0.5) is 4.79 Å². The molecule has 0 spiro atoms. The fourth-order valence-corrected chi connectivity index (χ4v) is 3.40. The van der Waals surface area contributed by atoms with Gasteiger partial charge in [-0.05, 0) is 31.6 Å². The van der Waals surface area contributed by atoms with Crippen LogP contribution in [0.15, 0.2) is 0 Å². The second-order valence-electron chi connectivity index (χ2n) is 7.38. The first-order valence-corrected chi connectivity index (χ1v) is 9.00. The summed E-state index contributed by atoms with van der Waals surface area (Å²) in [4.78, 5) is 28.6. The van der Waals surface area contributed by atoms with E-state index in [0.29, 0.717) is 31.3 Å². The van der Waals surface area contributed by atoms with Gasteiger partial charge < -0.3 is 20.4 Å². The normalized spacial score (nSPS) is 25.6. The first-order chi connectivity index (χ1) is 11.0. The Hall–Kier alpha value is -1.30. The quantitative estimate of drug-likeness (QED) is 0.819. The second kappa shape index (κ2) is 8.52. The van der Waals surface area contributed by atoms with Crippen molar-refractivity contribution in [2.24, 2.45) is 11.8 Å². The van der Waals surface area contributed by atoms with E-state index in [2.05, 4.69) is 31.4 Å². The summed E-state index contributed by atoms with van der Waals surface area (Å²) >= 11 is 0. The minimum atomic E-state index is 0.0198. The van der Waals surface area contributed by atoms with Crippen LogP contribution in [0.3, 0.4) is 0 Å². The lowest BCUT2D eigenvalue weighted by atomic mass is 9.94. The number of hydrogen-bond acceptors (Lipinski definition) is 3. The van der Waals surface area contributed by atoms with Gasteiger partial charge in [0.25, 0.3) is 0 Å². The molecule has 2 rings (SSSR count). The first-order valence-electron chi connectivity index (χ1n) is 9.00. The van der Waals surface area contributed by atoms with E-state index in [1.165, 1.54) is 0 Å². The van der Waals surface area contributed by atoms with Crippen molar-refractivity contribution in [2.75, 3.05) is 39.3 Å². The first kappa shape index (κ1) is 18.0. The maximum atomic E-state index is 12.5. The van der Waals surface area contributed by atoms with Crippen LogP contribution in [-0.4, -0.2) is 67.0 Å². The van der Waals surface area contributed by atoms with Crippen LogP contribution in [0.1, 0.15) is 40.0 Å². The molecule has 0 aromatic heterocycles. The molecule has 6 nitrogen and oxygen atoms in total. The van der Waals surface area contributed by atoms with Crippen LogP contribution in [0.25, 0.3) is 0 Å². The third-order valence-corrected chi connectivity index (χ3v) is 4.75. The molecule has 0 aromatic rings. The van der Waals surface area contributed by atoms with Gasteiger partial charge >= 0.3 is 6.03 Å². The number of urea groups is 1. The predicted octanol–water partition coefficient (Wildman–Crippen LogP) is 1.27. The maximum absolute atomic E-state index is 12.5. The summed E-state index contributed by atoms with van der Waals surface area (Å²) in [5, 5.41) is 6.29. The number of rotatable bonds is 4. The summed E-state index contributed by atoms with van der Waals surface area (Å²) in [6.45, 7) is 11.0. The molecular weight excluding hydrogens is 292 g/mol. The highest BCUT2D eigenvalue weighted by Gasteiger charge is 2.29. The molecular formula is C17H32N4O2. The Morgan fingerprint density at radius 3 is 2.78 bits per heavy atom. The molecule has 0 aromatic carbocycles. The largest absolute Gasteiger partial charge is 0.338 e. The van der Waals surface area contributed by atoms with Crippen molar-refractivity contribution in [3.05, 3.63) is 0 Å². The van der Waals surface area contributed by atoms with Crippen LogP contribution in [-0.2, 0) is 4.79 Å². The molecule has 6 heteroatoms. The molecule has 3 amide bonds. The highest BCUT2D eigenvalue weighted by Crippen LogP contribution is 2.21. The number of piperidine rings is 1. The molecule has 2 atom stereocenters. The van der Waals surface area contributed by atoms with E-state index in [9.17, 15) is 9.59 Å². The van der Waals surface area contributed by atoms with Crippen molar-refractivity contribution in [2.45, 2.75) is 46.1 Å². The number of piperazine rings is 1. The smallest absolute Gasteiger partial charge is 0.317 e. The molecule has 0 saturated carbocycles. The van der Waals surface area contributed by atoms with E-state index < -0.39 is 0 Å². The monoisotopic (exact) mass is 324 g/mol. The van der Waals surface area contributed by atoms with Crippen molar-refractivity contribution in [1.29, 1.82) is 0 Å². The number of nitrogens with zero attached hydrogens (tertiary/aromatic N) is 2. The Bertz CT molecular complexity index is 413. The van der Waals surface area contributed by atoms with Gasteiger partial charge in [-0.1, -0.05) is 13.8 Å². The third-order valence-electron chi connectivity index (χ3n) is 4.75. The van der Waals surface area contributed by atoms with Crippen molar-refractivity contribution in [3.63, 3.8) is 0 Å². The Kier molecular flexibility index (Phi) is 6.69. The molecule has 2 saturated heterocycles. The van der Waals surface area contributed by atoms with E-state index in [-0.39, 0.29) is 18.0 Å². The molecule has 132 valence electrons. The van der Waals surface area contributed by atoms with Gasteiger partial charge in [0.2, 0.25) is 5.91 Å². The summed E-state index contributed by atoms with van der Waals surface area (Å²) in [6.07, 6.45) is 2.60. The average Bonchev–Trinajstić information content (AvgIpc) is 2.53. The molecule has 23 heavy (non-hydrogen) atoms. The Balaban J connectivity index is 1.81. The molecule has 2 fully saturated rings. The number of amides is 3. The zero-order valence-electron chi connectivity index (χ0n) is 14.8. The summed E-state index contributed by atoms with van der Waals surface area (Å²) in [6, 6.07) is 0.289. The molecule has 2 aliphatic rings. The molecule has 0 bridgehead atoms. The lowest BCUT2D eigenvalue weighted by molar-refractivity contribution is -0.135. The third kappa shape index (κ3) is 5.37. The van der Waals surface area contributed by atoms with Gasteiger partial charge in [-0.2, -0.15) is 0 Å². The summed E-state index contributed by atoms with van der Waals surface area (Å²) in [5.41, 5.74) is 0. The molecule has 2 heterocycles. The fraction of sp³-hybridized carbons (Fsp3) is 0.882. The SMILES string of the molecule is CC(C)CNC(=O)N1CCCC(CC(=O)N2CCNC[C@H]2C)C1. The van der Waals surface area contributed by atoms with Crippen LogP contribution < -0.4 is 10.6 Å². The number of hydrogen-bond donors (Lipinski definition) is 2. The predicted molar refractivity (Wildman–Crippen MR) is 91.2 cm³/mol.